The molecule has 0 N–H and O–H groups in total. The molecule has 0 saturated carbocycles. The lowest BCUT2D eigenvalue weighted by Crippen LogP contribution is -2.27. The summed E-state index contributed by atoms with van der Waals surface area (Å²) in [4.78, 5) is 52.3. The van der Waals surface area contributed by atoms with Gasteiger partial charge in [0.1, 0.15) is 0 Å². The molecule has 0 aliphatic carbocycles. The fourth-order valence-corrected chi connectivity index (χ4v) is 5.32. The Bertz CT molecular complexity index is 1430. The van der Waals surface area contributed by atoms with Gasteiger partial charge in [0, 0.05) is 22.0 Å². The van der Waals surface area contributed by atoms with Gasteiger partial charge in [-0.2, -0.15) is 0 Å². The predicted octanol–water partition coefficient (Wildman–Crippen LogP) is 3.90. The maximum atomic E-state index is 13.2. The van der Waals surface area contributed by atoms with Crippen LogP contribution in [0.15, 0.2) is 40.3 Å². The summed E-state index contributed by atoms with van der Waals surface area (Å²) < 4.78 is 3.39. The molecule has 2 aromatic carbocycles. The van der Waals surface area contributed by atoms with E-state index in [0.29, 0.717) is 43.6 Å². The van der Waals surface area contributed by atoms with Crippen LogP contribution >= 0.6 is 31.9 Å². The first kappa shape index (κ1) is 21.2. The van der Waals surface area contributed by atoms with E-state index in [1.807, 2.05) is 27.7 Å². The molecule has 0 unspecified atom stereocenters. The molecule has 0 amide bonds. The van der Waals surface area contributed by atoms with Crippen molar-refractivity contribution < 1.29 is 0 Å². The van der Waals surface area contributed by atoms with Gasteiger partial charge in [0.2, 0.25) is 0 Å². The average Bonchev–Trinajstić information content (AvgIpc) is 3.04. The Hall–Kier alpha value is -2.06. The monoisotopic (exact) mass is 534 g/mol. The minimum atomic E-state index is -0.377. The van der Waals surface area contributed by atoms with E-state index in [4.69, 9.17) is 0 Å². The van der Waals surface area contributed by atoms with Gasteiger partial charge in [-0.05, 0) is 66.6 Å². The van der Waals surface area contributed by atoms with Gasteiger partial charge in [-0.3, -0.25) is 28.3 Å². The maximum Gasteiger partial charge on any atom is 0.262 e. The van der Waals surface area contributed by atoms with Gasteiger partial charge < -0.3 is 0 Å². The molecule has 0 fully saturated rings. The van der Waals surface area contributed by atoms with Crippen LogP contribution in [0, 0.1) is 11.8 Å². The fraction of sp³-hybridized carbons (Fsp3) is 0.364. The topological polar surface area (TPSA) is 78.1 Å². The standard InChI is InChI=1S/C22H20Br2N2O4/c1-9(2)7-25-19(27)15-11-5-14(24)18-16(12(11)6-13(23)17(15)21(25)29)20(28)26(22(18)30)8-10(3)4/h5-6,9-10H,7-8H2,1-4H3. The van der Waals surface area contributed by atoms with Gasteiger partial charge in [-0.1, -0.05) is 27.7 Å². The summed E-state index contributed by atoms with van der Waals surface area (Å²) in [6.45, 7) is 8.38. The molecule has 0 aliphatic heterocycles. The van der Waals surface area contributed by atoms with Crippen molar-refractivity contribution in [1.82, 2.24) is 9.13 Å². The summed E-state index contributed by atoms with van der Waals surface area (Å²) in [6, 6.07) is 3.35. The summed E-state index contributed by atoms with van der Waals surface area (Å²) >= 11 is 6.85. The molecule has 4 aromatic rings. The minimum absolute atomic E-state index is 0.122. The third-order valence-corrected chi connectivity index (χ3v) is 6.53. The van der Waals surface area contributed by atoms with Gasteiger partial charge in [-0.15, -0.1) is 0 Å². The first-order valence-corrected chi connectivity index (χ1v) is 11.3. The van der Waals surface area contributed by atoms with Crippen molar-refractivity contribution in [3.05, 3.63) is 62.5 Å². The van der Waals surface area contributed by atoms with Crippen LogP contribution < -0.4 is 22.2 Å². The Morgan fingerprint density at radius 3 is 1.23 bits per heavy atom. The molecule has 0 spiro atoms. The number of nitrogens with zero attached hydrogens (tertiary/aromatic N) is 2. The smallest absolute Gasteiger partial charge is 0.262 e. The number of fused-ring (bicyclic) bond motifs is 5. The van der Waals surface area contributed by atoms with E-state index in [1.54, 1.807) is 12.1 Å². The Kier molecular flexibility index (Phi) is 5.13. The fourth-order valence-electron chi connectivity index (χ4n) is 4.12. The lowest BCUT2D eigenvalue weighted by atomic mass is 10.0. The highest BCUT2D eigenvalue weighted by molar-refractivity contribution is 9.11. The van der Waals surface area contributed by atoms with Gasteiger partial charge in [0.15, 0.2) is 0 Å². The van der Waals surface area contributed by atoms with Crippen molar-refractivity contribution in [1.29, 1.82) is 0 Å². The van der Waals surface area contributed by atoms with Crippen molar-refractivity contribution in [3.8, 4) is 0 Å². The Morgan fingerprint density at radius 1 is 0.633 bits per heavy atom. The van der Waals surface area contributed by atoms with Crippen molar-refractivity contribution >= 4 is 64.2 Å². The highest BCUT2D eigenvalue weighted by Gasteiger charge is 2.24. The number of hydrogen-bond donors (Lipinski definition) is 0. The zero-order valence-electron chi connectivity index (χ0n) is 17.0. The molecular weight excluding hydrogens is 516 g/mol. The largest absolute Gasteiger partial charge is 0.274 e. The number of halogens is 2. The van der Waals surface area contributed by atoms with Crippen molar-refractivity contribution in [2.24, 2.45) is 11.8 Å². The van der Waals surface area contributed by atoms with Crippen LogP contribution in [-0.2, 0) is 13.1 Å². The van der Waals surface area contributed by atoms with Gasteiger partial charge >= 0.3 is 0 Å². The highest BCUT2D eigenvalue weighted by atomic mass is 79.9. The number of benzene rings is 2. The Labute approximate surface area is 188 Å². The lowest BCUT2D eigenvalue weighted by Gasteiger charge is -2.04. The second-order valence-corrected chi connectivity index (χ2v) is 10.3. The third-order valence-electron chi connectivity index (χ3n) is 5.28. The first-order valence-electron chi connectivity index (χ1n) is 9.75. The Balaban J connectivity index is 2.26. The van der Waals surface area contributed by atoms with Crippen LogP contribution in [0.4, 0.5) is 0 Å². The number of aromatic nitrogens is 2. The summed E-state index contributed by atoms with van der Waals surface area (Å²) in [6.07, 6.45) is 0. The van der Waals surface area contributed by atoms with E-state index >= 15 is 0 Å². The highest BCUT2D eigenvalue weighted by Crippen LogP contribution is 2.35. The van der Waals surface area contributed by atoms with Crippen molar-refractivity contribution in [3.63, 3.8) is 0 Å². The number of rotatable bonds is 4. The molecule has 0 atom stereocenters. The van der Waals surface area contributed by atoms with Crippen LogP contribution in [0.5, 0.6) is 0 Å². The molecule has 0 aliphatic rings. The van der Waals surface area contributed by atoms with E-state index < -0.39 is 0 Å². The van der Waals surface area contributed by atoms with E-state index in [9.17, 15) is 19.2 Å². The van der Waals surface area contributed by atoms with Gasteiger partial charge in [0.05, 0.1) is 21.5 Å². The Morgan fingerprint density at radius 2 is 0.933 bits per heavy atom. The second-order valence-electron chi connectivity index (χ2n) is 8.54. The van der Waals surface area contributed by atoms with Crippen LogP contribution in [0.1, 0.15) is 27.7 Å². The first-order chi connectivity index (χ1) is 14.0. The van der Waals surface area contributed by atoms with Gasteiger partial charge in [0.25, 0.3) is 22.2 Å². The quantitative estimate of drug-likeness (QED) is 0.397. The SMILES string of the molecule is CC(C)Cn1c(=O)c2c(Br)cc3c(cc(Br)c4c(=O)n(CC(C)C)c(=O)c43)c2c1=O. The molecule has 156 valence electrons. The van der Waals surface area contributed by atoms with Gasteiger partial charge in [-0.25, -0.2) is 0 Å². The molecule has 6 nitrogen and oxygen atoms in total. The molecular formula is C22H20Br2N2O4. The molecule has 0 radical (unpaired) electrons. The van der Waals surface area contributed by atoms with Crippen LogP contribution in [-0.4, -0.2) is 9.13 Å². The molecule has 2 heterocycles. The third kappa shape index (κ3) is 2.95. The van der Waals surface area contributed by atoms with Crippen LogP contribution in [0.3, 0.4) is 0 Å². The van der Waals surface area contributed by atoms with E-state index in [1.165, 1.54) is 9.13 Å². The van der Waals surface area contributed by atoms with Crippen LogP contribution in [0.2, 0.25) is 0 Å². The molecule has 2 aromatic heterocycles. The molecule has 0 bridgehead atoms. The summed E-state index contributed by atoms with van der Waals surface area (Å²) in [5.74, 6) is 0.244. The lowest BCUT2D eigenvalue weighted by molar-refractivity contribution is 0.508. The summed E-state index contributed by atoms with van der Waals surface area (Å²) in [5.41, 5.74) is -1.45. The predicted molar refractivity (Wildman–Crippen MR) is 127 cm³/mol. The zero-order chi connectivity index (χ0) is 22.1. The minimum Gasteiger partial charge on any atom is -0.274 e. The molecule has 30 heavy (non-hydrogen) atoms. The molecule has 0 saturated heterocycles. The average molecular weight is 536 g/mol. The van der Waals surface area contributed by atoms with Crippen molar-refractivity contribution in [2.45, 2.75) is 40.8 Å². The number of hydrogen-bond acceptors (Lipinski definition) is 4. The van der Waals surface area contributed by atoms with Crippen molar-refractivity contribution in [2.75, 3.05) is 0 Å². The molecule has 4 rings (SSSR count). The summed E-state index contributed by atoms with van der Waals surface area (Å²) in [5, 5.41) is 2.14. The summed E-state index contributed by atoms with van der Waals surface area (Å²) in [7, 11) is 0. The normalized spacial score (nSPS) is 12.4. The zero-order valence-corrected chi connectivity index (χ0v) is 20.2. The van der Waals surface area contributed by atoms with Crippen LogP contribution in [0.25, 0.3) is 32.3 Å². The second kappa shape index (κ2) is 7.27. The molecule has 8 heteroatoms. The maximum absolute atomic E-state index is 13.2. The van der Waals surface area contributed by atoms with E-state index in [-0.39, 0.29) is 44.8 Å². The van der Waals surface area contributed by atoms with E-state index in [2.05, 4.69) is 31.9 Å². The van der Waals surface area contributed by atoms with E-state index in [0.717, 1.165) is 0 Å².